The van der Waals surface area contributed by atoms with E-state index in [1.54, 1.807) is 6.92 Å². The second-order valence-corrected chi connectivity index (χ2v) is 6.60. The summed E-state index contributed by atoms with van der Waals surface area (Å²) in [5.74, 6) is 0.131. The van der Waals surface area contributed by atoms with Gasteiger partial charge in [0, 0.05) is 31.1 Å². The van der Waals surface area contributed by atoms with Crippen LogP contribution >= 0.6 is 0 Å². The van der Waals surface area contributed by atoms with Gasteiger partial charge in [-0.1, -0.05) is 37.3 Å². The zero-order valence-electron chi connectivity index (χ0n) is 13.5. The van der Waals surface area contributed by atoms with E-state index in [0.29, 0.717) is 19.8 Å². The minimum Gasteiger partial charge on any atom is -0.393 e. The van der Waals surface area contributed by atoms with E-state index >= 15 is 0 Å². The number of aliphatic hydroxyl groups is 1. The number of hydrogen-bond donors (Lipinski definition) is 2. The minimum absolute atomic E-state index is 0.0451. The van der Waals surface area contributed by atoms with Gasteiger partial charge in [-0.25, -0.2) is 0 Å². The molecule has 1 amide bonds. The van der Waals surface area contributed by atoms with Crippen molar-refractivity contribution < 1.29 is 14.6 Å². The molecule has 1 aliphatic rings. The number of nitrogens with one attached hydrogen (secondary N) is 1. The molecule has 0 bridgehead atoms. The summed E-state index contributed by atoms with van der Waals surface area (Å²) in [6.45, 7) is 5.62. The molecule has 0 radical (unpaired) electrons. The largest absolute Gasteiger partial charge is 0.393 e. The SMILES string of the molecule is CC(O)C(C)(CNC(=O)C1CCOCC1)Cc1ccccc1. The van der Waals surface area contributed by atoms with Gasteiger partial charge in [-0.05, 0) is 31.7 Å². The summed E-state index contributed by atoms with van der Waals surface area (Å²) < 4.78 is 5.29. The minimum atomic E-state index is -0.498. The van der Waals surface area contributed by atoms with Gasteiger partial charge in [0.2, 0.25) is 5.91 Å². The molecule has 2 N–H and O–H groups in total. The van der Waals surface area contributed by atoms with Crippen molar-refractivity contribution in [3.63, 3.8) is 0 Å². The van der Waals surface area contributed by atoms with Crippen LogP contribution in [0.4, 0.5) is 0 Å². The third kappa shape index (κ3) is 4.55. The summed E-state index contributed by atoms with van der Waals surface area (Å²) in [6.07, 6.45) is 1.81. The first kappa shape index (κ1) is 17.0. The molecule has 4 heteroatoms. The zero-order chi connectivity index (χ0) is 16.0. The summed E-state index contributed by atoms with van der Waals surface area (Å²) in [5.41, 5.74) is 0.800. The maximum absolute atomic E-state index is 12.3. The topological polar surface area (TPSA) is 58.6 Å². The second-order valence-electron chi connectivity index (χ2n) is 6.60. The molecule has 1 saturated heterocycles. The van der Waals surface area contributed by atoms with Crippen molar-refractivity contribution in [2.75, 3.05) is 19.8 Å². The molecular weight excluding hydrogens is 278 g/mol. The first-order chi connectivity index (χ1) is 10.5. The highest BCUT2D eigenvalue weighted by Crippen LogP contribution is 2.26. The molecule has 2 atom stereocenters. The fraction of sp³-hybridized carbons (Fsp3) is 0.611. The van der Waals surface area contributed by atoms with E-state index in [4.69, 9.17) is 4.74 Å². The van der Waals surface area contributed by atoms with Gasteiger partial charge in [-0.15, -0.1) is 0 Å². The molecule has 22 heavy (non-hydrogen) atoms. The van der Waals surface area contributed by atoms with Gasteiger partial charge >= 0.3 is 0 Å². The lowest BCUT2D eigenvalue weighted by atomic mass is 9.79. The summed E-state index contributed by atoms with van der Waals surface area (Å²) >= 11 is 0. The Morgan fingerprint density at radius 3 is 2.59 bits per heavy atom. The van der Waals surface area contributed by atoms with Crippen molar-refractivity contribution in [2.45, 2.75) is 39.2 Å². The first-order valence-electron chi connectivity index (χ1n) is 8.09. The lowest BCUT2D eigenvalue weighted by Gasteiger charge is -2.34. The predicted octanol–water partition coefficient (Wildman–Crippen LogP) is 2.16. The first-order valence-corrected chi connectivity index (χ1v) is 8.09. The van der Waals surface area contributed by atoms with Crippen LogP contribution in [0.5, 0.6) is 0 Å². The molecular formula is C18H27NO3. The van der Waals surface area contributed by atoms with Crippen molar-refractivity contribution in [3.8, 4) is 0 Å². The van der Waals surface area contributed by atoms with Gasteiger partial charge in [0.25, 0.3) is 0 Å². The number of carbonyl (C=O) groups excluding carboxylic acids is 1. The quantitative estimate of drug-likeness (QED) is 0.847. The predicted molar refractivity (Wildman–Crippen MR) is 86.5 cm³/mol. The Kier molecular flexibility index (Phi) is 5.98. The number of ether oxygens (including phenoxy) is 1. The highest BCUT2D eigenvalue weighted by atomic mass is 16.5. The lowest BCUT2D eigenvalue weighted by Crippen LogP contribution is -2.46. The van der Waals surface area contributed by atoms with Crippen LogP contribution in [-0.4, -0.2) is 36.9 Å². The second kappa shape index (κ2) is 7.75. The van der Waals surface area contributed by atoms with Crippen LogP contribution in [0.15, 0.2) is 30.3 Å². The van der Waals surface area contributed by atoms with Gasteiger partial charge in [0.05, 0.1) is 6.10 Å². The van der Waals surface area contributed by atoms with Crippen molar-refractivity contribution in [2.24, 2.45) is 11.3 Å². The Balaban J connectivity index is 1.94. The van der Waals surface area contributed by atoms with Crippen molar-refractivity contribution in [1.82, 2.24) is 5.32 Å². The normalized spacial score (nSPS) is 20.1. The molecule has 0 aliphatic carbocycles. The molecule has 1 aromatic rings. The summed E-state index contributed by atoms with van der Waals surface area (Å²) in [4.78, 5) is 12.3. The maximum Gasteiger partial charge on any atom is 0.223 e. The Hall–Kier alpha value is -1.39. The molecule has 122 valence electrons. The van der Waals surface area contributed by atoms with E-state index in [1.165, 1.54) is 5.56 Å². The van der Waals surface area contributed by atoms with Crippen LogP contribution in [0.25, 0.3) is 0 Å². The Morgan fingerprint density at radius 2 is 2.00 bits per heavy atom. The zero-order valence-corrected chi connectivity index (χ0v) is 13.5. The average Bonchev–Trinajstić information content (AvgIpc) is 2.54. The van der Waals surface area contributed by atoms with Crippen LogP contribution in [-0.2, 0) is 16.0 Å². The van der Waals surface area contributed by atoms with Crippen LogP contribution in [0.3, 0.4) is 0 Å². The highest BCUT2D eigenvalue weighted by Gasteiger charge is 2.32. The van der Waals surface area contributed by atoms with E-state index in [-0.39, 0.29) is 17.2 Å². The van der Waals surface area contributed by atoms with Crippen LogP contribution in [0.2, 0.25) is 0 Å². The monoisotopic (exact) mass is 305 g/mol. The molecule has 0 aromatic heterocycles. The molecule has 1 heterocycles. The van der Waals surface area contributed by atoms with Crippen LogP contribution in [0.1, 0.15) is 32.3 Å². The van der Waals surface area contributed by atoms with E-state index in [9.17, 15) is 9.90 Å². The molecule has 4 nitrogen and oxygen atoms in total. The third-order valence-electron chi connectivity index (χ3n) is 4.72. The van der Waals surface area contributed by atoms with E-state index in [2.05, 4.69) is 17.4 Å². The Morgan fingerprint density at radius 1 is 1.36 bits per heavy atom. The van der Waals surface area contributed by atoms with Gasteiger partial charge in [-0.3, -0.25) is 4.79 Å². The van der Waals surface area contributed by atoms with Crippen LogP contribution in [0, 0.1) is 11.3 Å². The number of amides is 1. The van der Waals surface area contributed by atoms with Gasteiger partial charge in [0.15, 0.2) is 0 Å². The Bertz CT molecular complexity index is 468. The van der Waals surface area contributed by atoms with Crippen LogP contribution < -0.4 is 5.32 Å². The fourth-order valence-electron chi connectivity index (χ4n) is 2.81. The molecule has 0 saturated carbocycles. The van der Waals surface area contributed by atoms with E-state index in [1.807, 2.05) is 25.1 Å². The van der Waals surface area contributed by atoms with E-state index in [0.717, 1.165) is 19.3 Å². The lowest BCUT2D eigenvalue weighted by molar-refractivity contribution is -0.128. The highest BCUT2D eigenvalue weighted by molar-refractivity contribution is 5.78. The molecule has 0 spiro atoms. The third-order valence-corrected chi connectivity index (χ3v) is 4.72. The van der Waals surface area contributed by atoms with Gasteiger partial charge < -0.3 is 15.2 Å². The van der Waals surface area contributed by atoms with Gasteiger partial charge in [-0.2, -0.15) is 0 Å². The van der Waals surface area contributed by atoms with Crippen molar-refractivity contribution in [3.05, 3.63) is 35.9 Å². The summed E-state index contributed by atoms with van der Waals surface area (Å²) in [5, 5.41) is 13.2. The fourth-order valence-corrected chi connectivity index (χ4v) is 2.81. The standard InChI is InChI=1S/C18H27NO3/c1-14(20)18(2,12-15-6-4-3-5-7-15)13-19-17(21)16-8-10-22-11-9-16/h3-7,14,16,20H,8-13H2,1-2H3,(H,19,21). The molecule has 2 rings (SSSR count). The number of hydrogen-bond acceptors (Lipinski definition) is 3. The average molecular weight is 305 g/mol. The van der Waals surface area contributed by atoms with Crippen molar-refractivity contribution in [1.29, 1.82) is 0 Å². The smallest absolute Gasteiger partial charge is 0.223 e. The molecule has 2 unspecified atom stereocenters. The molecule has 1 fully saturated rings. The van der Waals surface area contributed by atoms with Crippen molar-refractivity contribution >= 4 is 5.91 Å². The summed E-state index contributed by atoms with van der Waals surface area (Å²) in [6, 6.07) is 10.1. The van der Waals surface area contributed by atoms with Gasteiger partial charge in [0.1, 0.15) is 0 Å². The molecule has 1 aliphatic heterocycles. The number of carbonyl (C=O) groups is 1. The number of rotatable bonds is 6. The Labute approximate surface area is 132 Å². The molecule has 1 aromatic carbocycles. The summed E-state index contributed by atoms with van der Waals surface area (Å²) in [7, 11) is 0. The number of aliphatic hydroxyl groups excluding tert-OH is 1. The van der Waals surface area contributed by atoms with E-state index < -0.39 is 6.10 Å². The maximum atomic E-state index is 12.3. The number of benzene rings is 1.